The van der Waals surface area contributed by atoms with E-state index < -0.39 is 22.1 Å². The van der Waals surface area contributed by atoms with Crippen LogP contribution in [0.2, 0.25) is 0 Å². The second-order valence-corrected chi connectivity index (χ2v) is 11.8. The van der Waals surface area contributed by atoms with Gasteiger partial charge in [-0.05, 0) is 55.2 Å². The molecule has 0 radical (unpaired) electrons. The molecule has 11 heteroatoms. The smallest absolute Gasteiger partial charge is 0.262 e. The Morgan fingerprint density at radius 3 is 2.54 bits per heavy atom. The van der Waals surface area contributed by atoms with Crippen molar-refractivity contribution in [3.8, 4) is 0 Å². The fourth-order valence-corrected chi connectivity index (χ4v) is 6.73. The predicted octanol–water partition coefficient (Wildman–Crippen LogP) is 2.36. The summed E-state index contributed by atoms with van der Waals surface area (Å²) in [7, 11) is -3.91. The van der Waals surface area contributed by atoms with Crippen molar-refractivity contribution in [3.63, 3.8) is 0 Å². The van der Waals surface area contributed by atoms with Crippen LogP contribution in [0.25, 0.3) is 0 Å². The van der Waals surface area contributed by atoms with Gasteiger partial charge in [-0.15, -0.1) is 11.3 Å². The Bertz CT molecular complexity index is 1130. The predicted molar refractivity (Wildman–Crippen MR) is 131 cm³/mol. The second-order valence-electron chi connectivity index (χ2n) is 9.00. The number of rotatable bonds is 7. The Hall–Kier alpha value is -2.63. The van der Waals surface area contributed by atoms with E-state index in [2.05, 4.69) is 15.6 Å². The van der Waals surface area contributed by atoms with Gasteiger partial charge in [-0.3, -0.25) is 14.4 Å². The zero-order valence-electron chi connectivity index (χ0n) is 19.4. The van der Waals surface area contributed by atoms with Gasteiger partial charge in [0.2, 0.25) is 5.91 Å². The largest absolute Gasteiger partial charge is 0.344 e. The SMILES string of the molecule is O=C(N[C@H](C(=O)NC1CCCN(S(=O)(=O)c2ccccn2)CC1=O)C1CCCCC1)c1cccs1. The molecule has 188 valence electrons. The summed E-state index contributed by atoms with van der Waals surface area (Å²) in [5, 5.41) is 7.43. The number of aromatic nitrogens is 1. The lowest BCUT2D eigenvalue weighted by molar-refractivity contribution is -0.129. The number of carbonyl (C=O) groups excluding carboxylic acids is 3. The fraction of sp³-hybridized carbons (Fsp3) is 0.500. The number of Topliss-reactive ketones (excluding diaryl/α,β-unsaturated/α-hetero) is 1. The lowest BCUT2D eigenvalue weighted by Gasteiger charge is -2.31. The first-order valence-electron chi connectivity index (χ1n) is 11.9. The number of sulfonamides is 1. The summed E-state index contributed by atoms with van der Waals surface area (Å²) >= 11 is 1.31. The second kappa shape index (κ2) is 11.4. The summed E-state index contributed by atoms with van der Waals surface area (Å²) in [4.78, 5) is 43.6. The molecule has 2 fully saturated rings. The minimum absolute atomic E-state index is 0.00502. The van der Waals surface area contributed by atoms with E-state index in [9.17, 15) is 22.8 Å². The maximum Gasteiger partial charge on any atom is 0.262 e. The van der Waals surface area contributed by atoms with Gasteiger partial charge in [0.05, 0.1) is 17.5 Å². The van der Waals surface area contributed by atoms with Crippen LogP contribution in [0.1, 0.15) is 54.6 Å². The topological polar surface area (TPSA) is 126 Å². The molecule has 4 rings (SSSR count). The molecule has 2 aromatic heterocycles. The Labute approximate surface area is 209 Å². The molecule has 0 spiro atoms. The van der Waals surface area contributed by atoms with Crippen LogP contribution in [-0.2, 0) is 19.6 Å². The van der Waals surface area contributed by atoms with Crippen molar-refractivity contribution in [3.05, 3.63) is 46.8 Å². The Morgan fingerprint density at radius 2 is 1.86 bits per heavy atom. The third kappa shape index (κ3) is 6.14. The van der Waals surface area contributed by atoms with Crippen molar-refractivity contribution in [2.45, 2.75) is 62.1 Å². The first-order valence-corrected chi connectivity index (χ1v) is 14.3. The van der Waals surface area contributed by atoms with E-state index in [-0.39, 0.29) is 41.6 Å². The molecule has 2 aliphatic rings. The van der Waals surface area contributed by atoms with Crippen molar-refractivity contribution in [2.24, 2.45) is 5.92 Å². The normalized spacial score (nSPS) is 21.1. The first-order chi connectivity index (χ1) is 16.9. The Balaban J connectivity index is 1.45. The summed E-state index contributed by atoms with van der Waals surface area (Å²) in [6, 6.07) is 6.54. The van der Waals surface area contributed by atoms with Crippen LogP contribution in [0, 0.1) is 5.92 Å². The maximum absolute atomic E-state index is 13.4. The van der Waals surface area contributed by atoms with E-state index in [1.165, 1.54) is 23.6 Å². The van der Waals surface area contributed by atoms with E-state index in [1.807, 2.05) is 0 Å². The van der Waals surface area contributed by atoms with Gasteiger partial charge in [0.15, 0.2) is 10.8 Å². The first kappa shape index (κ1) is 25.5. The highest BCUT2D eigenvalue weighted by molar-refractivity contribution is 7.89. The summed E-state index contributed by atoms with van der Waals surface area (Å²) in [5.41, 5.74) is 0. The van der Waals surface area contributed by atoms with Crippen molar-refractivity contribution in [1.82, 2.24) is 19.9 Å². The van der Waals surface area contributed by atoms with Gasteiger partial charge in [0, 0.05) is 12.7 Å². The number of hydrogen-bond acceptors (Lipinski definition) is 7. The highest BCUT2D eigenvalue weighted by Gasteiger charge is 2.37. The molecule has 1 aliphatic carbocycles. The molecule has 1 aliphatic heterocycles. The Morgan fingerprint density at radius 1 is 1.06 bits per heavy atom. The van der Waals surface area contributed by atoms with Crippen LogP contribution in [-0.4, -0.2) is 60.5 Å². The highest BCUT2D eigenvalue weighted by atomic mass is 32.2. The van der Waals surface area contributed by atoms with Gasteiger partial charge in [0.25, 0.3) is 15.9 Å². The molecule has 2 atom stereocenters. The van der Waals surface area contributed by atoms with Crippen molar-refractivity contribution >= 4 is 39.0 Å². The van der Waals surface area contributed by atoms with E-state index in [4.69, 9.17) is 0 Å². The van der Waals surface area contributed by atoms with Crippen molar-refractivity contribution < 1.29 is 22.8 Å². The van der Waals surface area contributed by atoms with Gasteiger partial charge in [0.1, 0.15) is 6.04 Å². The molecule has 9 nitrogen and oxygen atoms in total. The number of ketones is 1. The number of amides is 2. The fourth-order valence-electron chi connectivity index (χ4n) is 4.73. The van der Waals surface area contributed by atoms with Crippen LogP contribution < -0.4 is 10.6 Å². The van der Waals surface area contributed by atoms with Gasteiger partial charge in [-0.2, -0.15) is 4.31 Å². The number of pyridine rings is 1. The molecule has 2 amide bonds. The molecule has 2 aromatic rings. The van der Waals surface area contributed by atoms with Crippen LogP contribution in [0.4, 0.5) is 0 Å². The van der Waals surface area contributed by atoms with E-state index in [0.717, 1.165) is 36.4 Å². The Kier molecular flexibility index (Phi) is 8.30. The van der Waals surface area contributed by atoms with Crippen LogP contribution >= 0.6 is 11.3 Å². The molecule has 2 N–H and O–H groups in total. The number of nitrogens with zero attached hydrogens (tertiary/aromatic N) is 2. The summed E-state index contributed by atoms with van der Waals surface area (Å²) in [6.45, 7) is -0.169. The standard InChI is InChI=1S/C24H30N4O5S2/c29-19-16-28(35(32,33)21-12-4-5-13-25-21)14-6-10-18(19)26-24(31)22(17-8-2-1-3-9-17)27-23(30)20-11-7-15-34-20/h4-5,7,11-13,15,17-18,22H,1-3,6,8-10,14,16H2,(H,26,31)(H,27,30)/t18?,22-/m0/s1. The third-order valence-electron chi connectivity index (χ3n) is 6.61. The molecule has 1 saturated heterocycles. The van der Waals surface area contributed by atoms with Crippen molar-refractivity contribution in [2.75, 3.05) is 13.1 Å². The third-order valence-corrected chi connectivity index (χ3v) is 9.25. The molecule has 0 aromatic carbocycles. The number of nitrogens with one attached hydrogen (secondary N) is 2. The lowest BCUT2D eigenvalue weighted by atomic mass is 9.83. The van der Waals surface area contributed by atoms with Crippen LogP contribution in [0.15, 0.2) is 46.9 Å². The molecule has 0 bridgehead atoms. The summed E-state index contributed by atoms with van der Waals surface area (Å²) < 4.78 is 27.0. The summed E-state index contributed by atoms with van der Waals surface area (Å²) in [6.07, 6.45) is 6.89. The number of hydrogen-bond donors (Lipinski definition) is 2. The zero-order valence-corrected chi connectivity index (χ0v) is 21.0. The van der Waals surface area contributed by atoms with Crippen LogP contribution in [0.5, 0.6) is 0 Å². The minimum atomic E-state index is -3.91. The summed E-state index contributed by atoms with van der Waals surface area (Å²) in [5.74, 6) is -1.07. The molecule has 3 heterocycles. The lowest BCUT2D eigenvalue weighted by Crippen LogP contribution is -2.55. The monoisotopic (exact) mass is 518 g/mol. The van der Waals surface area contributed by atoms with Crippen LogP contribution in [0.3, 0.4) is 0 Å². The van der Waals surface area contributed by atoms with Gasteiger partial charge < -0.3 is 10.6 Å². The zero-order chi connectivity index (χ0) is 24.8. The average molecular weight is 519 g/mol. The molecular weight excluding hydrogens is 488 g/mol. The molecule has 1 unspecified atom stereocenters. The van der Waals surface area contributed by atoms with Gasteiger partial charge in [-0.1, -0.05) is 31.4 Å². The average Bonchev–Trinajstić information content (AvgIpc) is 3.35. The van der Waals surface area contributed by atoms with Crippen molar-refractivity contribution in [1.29, 1.82) is 0 Å². The molecule has 35 heavy (non-hydrogen) atoms. The number of carbonyl (C=O) groups is 3. The quantitative estimate of drug-likeness (QED) is 0.580. The maximum atomic E-state index is 13.4. The number of thiophene rings is 1. The molecular formula is C24H30N4O5S2. The minimum Gasteiger partial charge on any atom is -0.344 e. The highest BCUT2D eigenvalue weighted by Crippen LogP contribution is 2.27. The van der Waals surface area contributed by atoms with Gasteiger partial charge in [-0.25, -0.2) is 13.4 Å². The molecule has 1 saturated carbocycles. The van der Waals surface area contributed by atoms with E-state index >= 15 is 0 Å². The van der Waals surface area contributed by atoms with E-state index in [0.29, 0.717) is 17.7 Å². The van der Waals surface area contributed by atoms with E-state index in [1.54, 1.807) is 29.6 Å². The van der Waals surface area contributed by atoms with Gasteiger partial charge >= 0.3 is 0 Å².